The average Bonchev–Trinajstić information content (AvgIpc) is 2.44. The molecular weight excluding hydrogens is 279 g/mol. The molecule has 1 aromatic rings. The summed E-state index contributed by atoms with van der Waals surface area (Å²) in [4.78, 5) is 24.1. The highest BCUT2D eigenvalue weighted by atomic mass is 19.1. The summed E-state index contributed by atoms with van der Waals surface area (Å²) in [5, 5.41) is 5.40. The van der Waals surface area contributed by atoms with E-state index in [4.69, 9.17) is 5.73 Å². The number of ether oxygens (including phenoxy) is 1. The highest BCUT2D eigenvalue weighted by Crippen LogP contribution is 2.22. The van der Waals surface area contributed by atoms with Crippen LogP contribution >= 0.6 is 0 Å². The Kier molecular flexibility index (Phi) is 5.77. The lowest BCUT2D eigenvalue weighted by Gasteiger charge is -2.14. The average molecular weight is 298 g/mol. The van der Waals surface area contributed by atoms with Gasteiger partial charge in [-0.2, -0.15) is 0 Å². The minimum Gasteiger partial charge on any atom is -0.465 e. The van der Waals surface area contributed by atoms with E-state index in [0.717, 1.165) is 6.07 Å². The van der Waals surface area contributed by atoms with Gasteiger partial charge < -0.3 is 26.0 Å². The molecule has 2 amide bonds. The Bertz CT molecular complexity index is 534. The number of nitrogens with one attached hydrogen (secondary N) is 2. The van der Waals surface area contributed by atoms with Gasteiger partial charge in [0.05, 0.1) is 18.4 Å². The topological polar surface area (TPSA) is 96.7 Å². The van der Waals surface area contributed by atoms with Gasteiger partial charge in [-0.15, -0.1) is 0 Å². The molecule has 0 aliphatic carbocycles. The van der Waals surface area contributed by atoms with Gasteiger partial charge in [-0.25, -0.2) is 14.0 Å². The number of hydrogen-bond acceptors (Lipinski definition) is 5. The Labute approximate surface area is 122 Å². The lowest BCUT2D eigenvalue weighted by Crippen LogP contribution is -2.37. The van der Waals surface area contributed by atoms with Crippen molar-refractivity contribution in [2.24, 2.45) is 0 Å². The number of nitrogens with zero attached hydrogens (tertiary/aromatic N) is 1. The van der Waals surface area contributed by atoms with E-state index in [0.29, 0.717) is 13.1 Å². The van der Waals surface area contributed by atoms with Crippen molar-refractivity contribution in [3.63, 3.8) is 0 Å². The first-order valence-electron chi connectivity index (χ1n) is 6.23. The van der Waals surface area contributed by atoms with Crippen molar-refractivity contribution in [1.82, 2.24) is 10.2 Å². The van der Waals surface area contributed by atoms with E-state index >= 15 is 0 Å². The summed E-state index contributed by atoms with van der Waals surface area (Å²) in [5.74, 6) is -1.23. The molecule has 7 nitrogen and oxygen atoms in total. The van der Waals surface area contributed by atoms with E-state index in [9.17, 15) is 14.0 Å². The number of anilines is 2. The van der Waals surface area contributed by atoms with Gasteiger partial charge in [0.1, 0.15) is 5.82 Å². The number of methoxy groups -OCH3 is 1. The predicted octanol–water partition coefficient (Wildman–Crippen LogP) is 0.878. The molecule has 0 aliphatic rings. The van der Waals surface area contributed by atoms with E-state index in [2.05, 4.69) is 15.4 Å². The number of nitrogens with two attached hydrogens (primary N) is 1. The van der Waals surface area contributed by atoms with Gasteiger partial charge in [0.25, 0.3) is 0 Å². The standard InChI is InChI=1S/C13H19FN4O3/c1-18(2)13(20)17-5-4-16-11-6-8(12(19)21-3)10(15)7-9(11)14/h6-7,16H,4-5,15H2,1-3H3,(H,17,20). The first-order valence-corrected chi connectivity index (χ1v) is 6.23. The molecule has 116 valence electrons. The Hall–Kier alpha value is -2.51. The first-order chi connectivity index (χ1) is 9.86. The molecule has 4 N–H and O–H groups in total. The second-order valence-corrected chi connectivity index (χ2v) is 4.46. The fourth-order valence-corrected chi connectivity index (χ4v) is 1.54. The van der Waals surface area contributed by atoms with Gasteiger partial charge in [-0.05, 0) is 12.1 Å². The van der Waals surface area contributed by atoms with Crippen LogP contribution in [0.25, 0.3) is 0 Å². The van der Waals surface area contributed by atoms with Crippen LogP contribution < -0.4 is 16.4 Å². The number of hydrogen-bond donors (Lipinski definition) is 3. The fraction of sp³-hybridized carbons (Fsp3) is 0.385. The van der Waals surface area contributed by atoms with E-state index in [1.54, 1.807) is 14.1 Å². The summed E-state index contributed by atoms with van der Waals surface area (Å²) in [6.07, 6.45) is 0. The van der Waals surface area contributed by atoms with Crippen LogP contribution in [-0.2, 0) is 4.74 Å². The molecule has 0 radical (unpaired) electrons. The van der Waals surface area contributed by atoms with Gasteiger partial charge in [0.2, 0.25) is 0 Å². The molecule has 21 heavy (non-hydrogen) atoms. The Morgan fingerprint density at radius 3 is 2.57 bits per heavy atom. The zero-order chi connectivity index (χ0) is 16.0. The van der Waals surface area contributed by atoms with Crippen molar-refractivity contribution in [2.75, 3.05) is 45.3 Å². The number of urea groups is 1. The maximum absolute atomic E-state index is 13.7. The number of rotatable bonds is 5. The van der Waals surface area contributed by atoms with Crippen molar-refractivity contribution >= 4 is 23.4 Å². The minimum atomic E-state index is -0.642. The Morgan fingerprint density at radius 2 is 2.00 bits per heavy atom. The molecule has 0 bridgehead atoms. The molecule has 0 atom stereocenters. The second-order valence-electron chi connectivity index (χ2n) is 4.46. The van der Waals surface area contributed by atoms with Gasteiger partial charge in [-0.3, -0.25) is 0 Å². The molecule has 0 saturated carbocycles. The van der Waals surface area contributed by atoms with Gasteiger partial charge in [-0.1, -0.05) is 0 Å². The van der Waals surface area contributed by atoms with E-state index in [1.807, 2.05) is 0 Å². The molecule has 0 aliphatic heterocycles. The molecule has 0 spiro atoms. The van der Waals surface area contributed by atoms with Gasteiger partial charge in [0.15, 0.2) is 0 Å². The lowest BCUT2D eigenvalue weighted by molar-refractivity contribution is 0.0602. The molecule has 0 aromatic heterocycles. The van der Waals surface area contributed by atoms with Crippen molar-refractivity contribution in [2.45, 2.75) is 0 Å². The molecule has 1 rings (SSSR count). The smallest absolute Gasteiger partial charge is 0.340 e. The Balaban J connectivity index is 2.67. The van der Waals surface area contributed by atoms with Crippen LogP contribution in [-0.4, -0.2) is 51.2 Å². The van der Waals surface area contributed by atoms with Crippen LogP contribution in [0.4, 0.5) is 20.6 Å². The lowest BCUT2D eigenvalue weighted by atomic mass is 10.1. The normalized spacial score (nSPS) is 9.90. The molecule has 0 unspecified atom stereocenters. The number of amides is 2. The maximum Gasteiger partial charge on any atom is 0.340 e. The minimum absolute atomic E-state index is 0.00538. The zero-order valence-corrected chi connectivity index (χ0v) is 12.2. The van der Waals surface area contributed by atoms with Crippen molar-refractivity contribution < 1.29 is 18.7 Å². The van der Waals surface area contributed by atoms with Crippen molar-refractivity contribution in [1.29, 1.82) is 0 Å². The third-order valence-corrected chi connectivity index (χ3v) is 2.67. The second kappa shape index (κ2) is 7.32. The zero-order valence-electron chi connectivity index (χ0n) is 12.2. The number of nitrogen functional groups attached to an aromatic ring is 1. The van der Waals surface area contributed by atoms with E-state index in [-0.39, 0.29) is 23.0 Å². The molecule has 0 heterocycles. The SMILES string of the molecule is COC(=O)c1cc(NCCNC(=O)N(C)C)c(F)cc1N. The van der Waals surface area contributed by atoms with Crippen LogP contribution in [0.2, 0.25) is 0 Å². The van der Waals surface area contributed by atoms with Crippen LogP contribution in [0.15, 0.2) is 12.1 Å². The third-order valence-electron chi connectivity index (χ3n) is 2.67. The fourth-order valence-electron chi connectivity index (χ4n) is 1.54. The van der Waals surface area contributed by atoms with Crippen LogP contribution in [0.1, 0.15) is 10.4 Å². The molecule has 8 heteroatoms. The predicted molar refractivity (Wildman–Crippen MR) is 77.7 cm³/mol. The van der Waals surface area contributed by atoms with E-state index in [1.165, 1.54) is 18.1 Å². The Morgan fingerprint density at radius 1 is 1.33 bits per heavy atom. The van der Waals surface area contributed by atoms with Crippen LogP contribution in [0, 0.1) is 5.82 Å². The van der Waals surface area contributed by atoms with Crippen LogP contribution in [0.3, 0.4) is 0 Å². The van der Waals surface area contributed by atoms with Crippen molar-refractivity contribution in [3.05, 3.63) is 23.5 Å². The summed E-state index contributed by atoms with van der Waals surface area (Å²) in [5.41, 5.74) is 5.77. The maximum atomic E-state index is 13.7. The van der Waals surface area contributed by atoms with E-state index < -0.39 is 11.8 Å². The molecular formula is C13H19FN4O3. The summed E-state index contributed by atoms with van der Waals surface area (Å²) in [7, 11) is 4.45. The first kappa shape index (κ1) is 16.5. The highest BCUT2D eigenvalue weighted by molar-refractivity contribution is 5.96. The van der Waals surface area contributed by atoms with Gasteiger partial charge >= 0.3 is 12.0 Å². The molecule has 1 aromatic carbocycles. The number of esters is 1. The van der Waals surface area contributed by atoms with Crippen LogP contribution in [0.5, 0.6) is 0 Å². The summed E-state index contributed by atoms with van der Waals surface area (Å²) in [6.45, 7) is 0.593. The largest absolute Gasteiger partial charge is 0.465 e. The quantitative estimate of drug-likeness (QED) is 0.426. The molecule has 0 fully saturated rings. The van der Waals surface area contributed by atoms with Gasteiger partial charge in [0, 0.05) is 32.9 Å². The summed E-state index contributed by atoms with van der Waals surface area (Å²) in [6, 6.07) is 2.09. The molecule has 0 saturated heterocycles. The summed E-state index contributed by atoms with van der Waals surface area (Å²) >= 11 is 0. The number of carbonyl (C=O) groups excluding carboxylic acids is 2. The third kappa shape index (κ3) is 4.51. The summed E-state index contributed by atoms with van der Waals surface area (Å²) < 4.78 is 18.3. The van der Waals surface area contributed by atoms with Crippen molar-refractivity contribution in [3.8, 4) is 0 Å². The number of benzene rings is 1. The highest BCUT2D eigenvalue weighted by Gasteiger charge is 2.14. The number of carbonyl (C=O) groups is 2. The number of halogens is 1. The monoisotopic (exact) mass is 298 g/mol.